The Bertz CT molecular complexity index is 308. The van der Waals surface area contributed by atoms with E-state index in [2.05, 4.69) is 6.58 Å². The molecule has 0 aliphatic heterocycles. The van der Waals surface area contributed by atoms with E-state index in [1.165, 1.54) is 0 Å². The molecule has 0 spiro atoms. The molecular weight excluding hydrogens is 255 g/mol. The summed E-state index contributed by atoms with van der Waals surface area (Å²) in [5.74, 6) is -0.492. The summed E-state index contributed by atoms with van der Waals surface area (Å²) >= 11 is 0. The van der Waals surface area contributed by atoms with E-state index >= 15 is 0 Å². The lowest BCUT2D eigenvalue weighted by molar-refractivity contribution is -0.160. The van der Waals surface area contributed by atoms with Crippen LogP contribution in [0, 0.1) is 0 Å². The number of ether oxygens (including phenoxy) is 1. The molecule has 18 heavy (non-hydrogen) atoms. The van der Waals surface area contributed by atoms with Gasteiger partial charge >= 0.3 is 14.2 Å². The summed E-state index contributed by atoms with van der Waals surface area (Å²) in [6, 6.07) is 0. The van der Waals surface area contributed by atoms with Crippen molar-refractivity contribution in [3.05, 3.63) is 12.2 Å². The van der Waals surface area contributed by atoms with Gasteiger partial charge in [-0.25, -0.2) is 4.79 Å². The molecule has 0 radical (unpaired) electrons. The van der Waals surface area contributed by atoms with Gasteiger partial charge in [0.15, 0.2) is 0 Å². The van der Waals surface area contributed by atoms with Gasteiger partial charge in [-0.05, 0) is 19.8 Å². The molecule has 0 saturated carbocycles. The minimum atomic E-state index is -2.69. The molecule has 0 bridgehead atoms. The standard InChI is InChI=1S/C12H21O5P/c1-5-7-12(8-6-2,9-16-18(14)15)17-11(13)10(3)4/h3,5-9H2,1-2,4H3/p+1. The summed E-state index contributed by atoms with van der Waals surface area (Å²) in [7, 11) is -2.69. The van der Waals surface area contributed by atoms with Gasteiger partial charge in [-0.3, -0.25) is 0 Å². The Morgan fingerprint density at radius 2 is 1.83 bits per heavy atom. The zero-order valence-corrected chi connectivity index (χ0v) is 12.2. The SMILES string of the molecule is C=C(C)C(=O)OC(CCC)(CCC)CO[P+](=O)O. The maximum atomic E-state index is 11.6. The molecule has 0 fully saturated rings. The number of rotatable bonds is 9. The minimum Gasteiger partial charge on any atom is -0.453 e. The van der Waals surface area contributed by atoms with Crippen LogP contribution in [0.1, 0.15) is 46.5 Å². The van der Waals surface area contributed by atoms with Crippen LogP contribution < -0.4 is 0 Å². The molecule has 0 aromatic rings. The lowest BCUT2D eigenvalue weighted by atomic mass is 9.93. The van der Waals surface area contributed by atoms with Crippen molar-refractivity contribution in [1.82, 2.24) is 0 Å². The van der Waals surface area contributed by atoms with Crippen LogP contribution in [0.2, 0.25) is 0 Å². The first kappa shape index (κ1) is 17.2. The van der Waals surface area contributed by atoms with Crippen LogP contribution in [0.4, 0.5) is 0 Å². The van der Waals surface area contributed by atoms with E-state index in [1.54, 1.807) is 6.92 Å². The Hall–Kier alpha value is -0.770. The van der Waals surface area contributed by atoms with Crippen LogP contribution in [-0.2, 0) is 18.6 Å². The predicted octanol–water partition coefficient (Wildman–Crippen LogP) is 3.11. The average molecular weight is 277 g/mol. The third-order valence-corrected chi connectivity index (χ3v) is 2.86. The summed E-state index contributed by atoms with van der Waals surface area (Å²) in [5, 5.41) is 0. The fourth-order valence-corrected chi connectivity index (χ4v) is 2.11. The van der Waals surface area contributed by atoms with Crippen LogP contribution in [0.5, 0.6) is 0 Å². The Morgan fingerprint density at radius 3 is 2.17 bits per heavy atom. The lowest BCUT2D eigenvalue weighted by Crippen LogP contribution is -2.39. The van der Waals surface area contributed by atoms with E-state index in [0.29, 0.717) is 18.4 Å². The van der Waals surface area contributed by atoms with Gasteiger partial charge in [0.1, 0.15) is 12.2 Å². The summed E-state index contributed by atoms with van der Waals surface area (Å²) in [6.45, 7) is 8.94. The molecule has 0 aliphatic carbocycles. The van der Waals surface area contributed by atoms with Gasteiger partial charge in [-0.15, -0.1) is 9.42 Å². The maximum absolute atomic E-state index is 11.6. The van der Waals surface area contributed by atoms with Gasteiger partial charge < -0.3 is 4.74 Å². The molecule has 1 N–H and O–H groups in total. The van der Waals surface area contributed by atoms with E-state index in [4.69, 9.17) is 14.2 Å². The first-order chi connectivity index (χ1) is 8.37. The van der Waals surface area contributed by atoms with Gasteiger partial charge in [0, 0.05) is 10.1 Å². The molecule has 0 saturated heterocycles. The summed E-state index contributed by atoms with van der Waals surface area (Å²) in [4.78, 5) is 20.4. The van der Waals surface area contributed by atoms with Crippen molar-refractivity contribution in [2.24, 2.45) is 0 Å². The Labute approximate surface area is 109 Å². The van der Waals surface area contributed by atoms with Crippen molar-refractivity contribution >= 4 is 14.2 Å². The molecule has 104 valence electrons. The topological polar surface area (TPSA) is 72.8 Å². The second-order valence-electron chi connectivity index (χ2n) is 4.36. The second kappa shape index (κ2) is 8.35. The molecule has 0 heterocycles. The quantitative estimate of drug-likeness (QED) is 0.398. The van der Waals surface area contributed by atoms with E-state index < -0.39 is 19.8 Å². The largest absolute Gasteiger partial charge is 0.694 e. The van der Waals surface area contributed by atoms with Crippen molar-refractivity contribution in [3.8, 4) is 0 Å². The van der Waals surface area contributed by atoms with E-state index in [-0.39, 0.29) is 6.61 Å². The molecule has 0 aliphatic rings. The predicted molar refractivity (Wildman–Crippen MR) is 69.2 cm³/mol. The summed E-state index contributed by atoms with van der Waals surface area (Å²) < 4.78 is 20.8. The van der Waals surface area contributed by atoms with Crippen LogP contribution in [-0.4, -0.2) is 23.1 Å². The second-order valence-corrected chi connectivity index (χ2v) is 5.10. The zero-order valence-electron chi connectivity index (χ0n) is 11.3. The molecule has 0 aromatic heterocycles. The van der Waals surface area contributed by atoms with Gasteiger partial charge in [0.05, 0.1) is 0 Å². The Kier molecular flexibility index (Phi) is 8.00. The van der Waals surface area contributed by atoms with Crippen LogP contribution in [0.15, 0.2) is 12.2 Å². The van der Waals surface area contributed by atoms with Crippen molar-refractivity contribution in [2.45, 2.75) is 52.1 Å². The molecule has 1 atom stereocenters. The van der Waals surface area contributed by atoms with Crippen molar-refractivity contribution in [1.29, 1.82) is 0 Å². The van der Waals surface area contributed by atoms with Crippen LogP contribution in [0.3, 0.4) is 0 Å². The molecule has 5 nitrogen and oxygen atoms in total. The highest BCUT2D eigenvalue weighted by Crippen LogP contribution is 2.29. The van der Waals surface area contributed by atoms with Crippen molar-refractivity contribution < 1.29 is 23.5 Å². The van der Waals surface area contributed by atoms with Gasteiger partial charge in [0.2, 0.25) is 0 Å². The normalized spacial score (nSPS) is 12.1. The highest BCUT2D eigenvalue weighted by Gasteiger charge is 2.36. The van der Waals surface area contributed by atoms with Crippen LogP contribution in [0.25, 0.3) is 0 Å². The number of hydrogen-bond donors (Lipinski definition) is 1. The van der Waals surface area contributed by atoms with Crippen molar-refractivity contribution in [2.75, 3.05) is 6.61 Å². The van der Waals surface area contributed by atoms with E-state index in [9.17, 15) is 9.36 Å². The van der Waals surface area contributed by atoms with Gasteiger partial charge in [-0.2, -0.15) is 0 Å². The van der Waals surface area contributed by atoms with Crippen LogP contribution >= 0.6 is 8.25 Å². The monoisotopic (exact) mass is 277 g/mol. The van der Waals surface area contributed by atoms with E-state index in [0.717, 1.165) is 12.8 Å². The lowest BCUT2D eigenvalue weighted by Gasteiger charge is -2.31. The molecule has 1 unspecified atom stereocenters. The van der Waals surface area contributed by atoms with Gasteiger partial charge in [0.25, 0.3) is 0 Å². The van der Waals surface area contributed by atoms with Crippen molar-refractivity contribution in [3.63, 3.8) is 0 Å². The molecule has 0 aromatic carbocycles. The highest BCUT2D eigenvalue weighted by molar-refractivity contribution is 7.32. The number of esters is 1. The summed E-state index contributed by atoms with van der Waals surface area (Å²) in [6.07, 6.45) is 2.75. The molecule has 6 heteroatoms. The van der Waals surface area contributed by atoms with Gasteiger partial charge in [-0.1, -0.05) is 33.3 Å². The zero-order chi connectivity index (χ0) is 14.2. The minimum absolute atomic E-state index is 0.0700. The Balaban J connectivity index is 4.87. The average Bonchev–Trinajstić information content (AvgIpc) is 2.27. The summed E-state index contributed by atoms with van der Waals surface area (Å²) in [5.41, 5.74) is -0.534. The third-order valence-electron chi connectivity index (χ3n) is 2.51. The fraction of sp³-hybridized carbons (Fsp3) is 0.750. The Morgan fingerprint density at radius 1 is 1.33 bits per heavy atom. The first-order valence-corrected chi connectivity index (χ1v) is 7.17. The smallest absolute Gasteiger partial charge is 0.453 e. The van der Waals surface area contributed by atoms with E-state index in [1.807, 2.05) is 13.8 Å². The molecular formula is C12H22O5P+. The fourth-order valence-electron chi connectivity index (χ4n) is 1.77. The molecule has 0 amide bonds. The highest BCUT2D eigenvalue weighted by atomic mass is 31.1. The maximum Gasteiger partial charge on any atom is 0.694 e. The third kappa shape index (κ3) is 6.24. The number of carbonyl (C=O) groups excluding carboxylic acids is 1. The molecule has 0 rings (SSSR count). The number of hydrogen-bond acceptors (Lipinski definition) is 4. The number of carbonyl (C=O) groups is 1. The first-order valence-electron chi connectivity index (χ1n) is 6.04.